The van der Waals surface area contributed by atoms with Crippen LogP contribution in [0.4, 0.5) is 0 Å². The molecule has 118 valence electrons. The number of hydrogen-bond donors (Lipinski definition) is 1. The second-order valence-corrected chi connectivity index (χ2v) is 5.08. The maximum atomic E-state index is 11.7. The maximum absolute atomic E-state index is 11.7. The molecule has 0 bridgehead atoms. The molecule has 0 atom stereocenters. The predicted molar refractivity (Wildman–Crippen MR) is 79.6 cm³/mol. The van der Waals surface area contributed by atoms with Crippen molar-refractivity contribution in [1.29, 1.82) is 0 Å². The summed E-state index contributed by atoms with van der Waals surface area (Å²) < 4.78 is 5.09. The fraction of sp³-hybridized carbons (Fsp3) is 0.176. The van der Waals surface area contributed by atoms with E-state index in [0.717, 1.165) is 5.56 Å². The van der Waals surface area contributed by atoms with Crippen molar-refractivity contribution in [2.24, 2.45) is 0 Å². The number of Topliss-reactive ketones (excluding diaryl/α,β-unsaturated/α-hetero) is 3. The summed E-state index contributed by atoms with van der Waals surface area (Å²) in [5, 5.41) is 8.48. The smallest absolute Gasteiger partial charge is 0.372 e. The van der Waals surface area contributed by atoms with E-state index in [9.17, 15) is 19.2 Å². The van der Waals surface area contributed by atoms with E-state index in [1.807, 2.05) is 0 Å². The Morgan fingerprint density at radius 2 is 1.70 bits per heavy atom. The van der Waals surface area contributed by atoms with Crippen LogP contribution in [0.2, 0.25) is 0 Å². The lowest BCUT2D eigenvalue weighted by Gasteiger charge is -2.00. The third-order valence-electron chi connectivity index (χ3n) is 3.26. The summed E-state index contributed by atoms with van der Waals surface area (Å²) in [6.07, 6.45) is 1.15. The van der Waals surface area contributed by atoms with Crippen molar-refractivity contribution < 1.29 is 28.7 Å². The van der Waals surface area contributed by atoms with E-state index < -0.39 is 24.0 Å². The first-order chi connectivity index (χ1) is 10.9. The molecule has 23 heavy (non-hydrogen) atoms. The molecule has 0 radical (unpaired) electrons. The van der Waals surface area contributed by atoms with Gasteiger partial charge in [-0.1, -0.05) is 24.3 Å². The van der Waals surface area contributed by atoms with E-state index in [4.69, 9.17) is 9.52 Å². The van der Waals surface area contributed by atoms with E-state index in [1.54, 1.807) is 24.3 Å². The Kier molecular flexibility index (Phi) is 4.85. The van der Waals surface area contributed by atoms with Gasteiger partial charge in [0.15, 0.2) is 11.5 Å². The van der Waals surface area contributed by atoms with Gasteiger partial charge in [-0.25, -0.2) is 4.79 Å². The number of ketones is 3. The minimum absolute atomic E-state index is 0.0177. The van der Waals surface area contributed by atoms with E-state index in [-0.39, 0.29) is 11.5 Å². The highest BCUT2D eigenvalue weighted by atomic mass is 16.4. The topological polar surface area (TPSA) is 102 Å². The van der Waals surface area contributed by atoms with Crippen molar-refractivity contribution >= 4 is 23.3 Å². The largest absolute Gasteiger partial charge is 0.475 e. The number of carboxylic acids is 1. The first-order valence-corrected chi connectivity index (χ1v) is 6.83. The van der Waals surface area contributed by atoms with E-state index in [1.165, 1.54) is 19.3 Å². The quantitative estimate of drug-likeness (QED) is 0.478. The highest BCUT2D eigenvalue weighted by Gasteiger charge is 2.20. The normalized spacial score (nSPS) is 10.3. The van der Waals surface area contributed by atoms with Gasteiger partial charge in [-0.15, -0.1) is 0 Å². The van der Waals surface area contributed by atoms with Crippen LogP contribution in [0, 0.1) is 0 Å². The zero-order valence-electron chi connectivity index (χ0n) is 12.4. The number of benzene rings is 1. The highest BCUT2D eigenvalue weighted by Crippen LogP contribution is 2.16. The Bertz CT molecular complexity index is 767. The predicted octanol–water partition coefficient (Wildman–Crippen LogP) is 2.30. The Balaban J connectivity index is 2.04. The van der Waals surface area contributed by atoms with Gasteiger partial charge < -0.3 is 9.52 Å². The second kappa shape index (κ2) is 6.83. The first kappa shape index (κ1) is 16.4. The van der Waals surface area contributed by atoms with Gasteiger partial charge in [0, 0.05) is 12.0 Å². The summed E-state index contributed by atoms with van der Waals surface area (Å²) in [5.41, 5.74) is 2.26. The molecule has 0 saturated carbocycles. The number of furan rings is 1. The molecule has 0 spiro atoms. The number of carbonyl (C=O) groups excluding carboxylic acids is 3. The molecular weight excluding hydrogens is 300 g/mol. The molecule has 0 amide bonds. The van der Waals surface area contributed by atoms with Crippen LogP contribution in [-0.4, -0.2) is 28.4 Å². The van der Waals surface area contributed by atoms with Gasteiger partial charge in [-0.2, -0.15) is 0 Å². The van der Waals surface area contributed by atoms with Crippen molar-refractivity contribution in [2.75, 3.05) is 0 Å². The van der Waals surface area contributed by atoms with Crippen LogP contribution in [0.15, 0.2) is 41.0 Å². The number of hydrogen-bond acceptors (Lipinski definition) is 5. The minimum atomic E-state index is -1.64. The van der Waals surface area contributed by atoms with Gasteiger partial charge in [-0.3, -0.25) is 14.4 Å². The van der Waals surface area contributed by atoms with Crippen LogP contribution in [0.25, 0.3) is 0 Å². The molecule has 1 aromatic carbocycles. The molecule has 6 heteroatoms. The van der Waals surface area contributed by atoms with Crippen LogP contribution in [0.5, 0.6) is 0 Å². The van der Waals surface area contributed by atoms with Crippen molar-refractivity contribution in [2.45, 2.75) is 19.8 Å². The summed E-state index contributed by atoms with van der Waals surface area (Å²) in [5.74, 6) is -3.55. The van der Waals surface area contributed by atoms with Crippen molar-refractivity contribution in [1.82, 2.24) is 0 Å². The molecule has 0 aliphatic rings. The molecule has 0 saturated heterocycles. The fourth-order valence-electron chi connectivity index (χ4n) is 2.02. The summed E-state index contributed by atoms with van der Waals surface area (Å²) in [4.78, 5) is 44.4. The standard InChI is InChI=1S/C17H14O6/c1-10(18)13-4-2-11(3-5-13)6-12-7-16(23-9-12)14(19)8-15(20)17(21)22/h2-5,7,9H,6,8H2,1H3,(H,21,22). The molecule has 0 fully saturated rings. The lowest BCUT2D eigenvalue weighted by Crippen LogP contribution is -2.16. The van der Waals surface area contributed by atoms with Crippen LogP contribution in [0.1, 0.15) is 45.4 Å². The van der Waals surface area contributed by atoms with Gasteiger partial charge in [-0.05, 0) is 24.1 Å². The number of rotatable bonds is 7. The van der Waals surface area contributed by atoms with Crippen LogP contribution < -0.4 is 0 Å². The molecule has 0 aliphatic carbocycles. The average molecular weight is 314 g/mol. The molecule has 6 nitrogen and oxygen atoms in total. The summed E-state index contributed by atoms with van der Waals surface area (Å²) in [6.45, 7) is 1.49. The zero-order chi connectivity index (χ0) is 17.0. The molecule has 1 aromatic heterocycles. The monoisotopic (exact) mass is 314 g/mol. The third-order valence-corrected chi connectivity index (χ3v) is 3.26. The lowest BCUT2D eigenvalue weighted by molar-refractivity contribution is -0.148. The first-order valence-electron chi connectivity index (χ1n) is 6.83. The zero-order valence-corrected chi connectivity index (χ0v) is 12.4. The Hall–Kier alpha value is -3.02. The molecule has 1 N–H and O–H groups in total. The molecule has 2 rings (SSSR count). The summed E-state index contributed by atoms with van der Waals surface area (Å²) in [7, 11) is 0. The number of carbonyl (C=O) groups is 4. The van der Waals surface area contributed by atoms with Crippen LogP contribution in [-0.2, 0) is 16.0 Å². The van der Waals surface area contributed by atoms with Gasteiger partial charge in [0.1, 0.15) is 0 Å². The number of carboxylic acid groups (broad SMARTS) is 1. The summed E-state index contributed by atoms with van der Waals surface area (Å²) >= 11 is 0. The van der Waals surface area contributed by atoms with Crippen molar-refractivity contribution in [3.63, 3.8) is 0 Å². The van der Waals surface area contributed by atoms with Crippen LogP contribution >= 0.6 is 0 Å². The van der Waals surface area contributed by atoms with Gasteiger partial charge in [0.05, 0.1) is 12.7 Å². The molecule has 1 heterocycles. The lowest BCUT2D eigenvalue weighted by atomic mass is 10.0. The Labute approximate surface area is 131 Å². The molecular formula is C17H14O6. The minimum Gasteiger partial charge on any atom is -0.475 e. The second-order valence-electron chi connectivity index (χ2n) is 5.08. The fourth-order valence-corrected chi connectivity index (χ4v) is 2.02. The third kappa shape index (κ3) is 4.23. The average Bonchev–Trinajstić information content (AvgIpc) is 2.96. The van der Waals surface area contributed by atoms with Crippen LogP contribution in [0.3, 0.4) is 0 Å². The molecule has 0 aliphatic heterocycles. The SMILES string of the molecule is CC(=O)c1ccc(Cc2coc(C(=O)CC(=O)C(=O)O)c2)cc1. The number of aliphatic carboxylic acids is 1. The Morgan fingerprint density at radius 3 is 2.26 bits per heavy atom. The Morgan fingerprint density at radius 1 is 1.04 bits per heavy atom. The van der Waals surface area contributed by atoms with Crippen molar-refractivity contribution in [3.05, 3.63) is 59.0 Å². The van der Waals surface area contributed by atoms with Gasteiger partial charge >= 0.3 is 5.97 Å². The molecule has 0 unspecified atom stereocenters. The van der Waals surface area contributed by atoms with E-state index in [0.29, 0.717) is 17.5 Å². The highest BCUT2D eigenvalue weighted by molar-refractivity contribution is 6.37. The maximum Gasteiger partial charge on any atom is 0.372 e. The molecule has 2 aromatic rings. The van der Waals surface area contributed by atoms with E-state index >= 15 is 0 Å². The van der Waals surface area contributed by atoms with E-state index in [2.05, 4.69) is 0 Å². The van der Waals surface area contributed by atoms with Crippen molar-refractivity contribution in [3.8, 4) is 0 Å². The summed E-state index contributed by atoms with van der Waals surface area (Å²) in [6, 6.07) is 8.53. The van der Waals surface area contributed by atoms with Gasteiger partial charge in [0.25, 0.3) is 0 Å². The van der Waals surface area contributed by atoms with Gasteiger partial charge in [0.2, 0.25) is 11.6 Å².